The van der Waals surface area contributed by atoms with E-state index < -0.39 is 11.8 Å². The first kappa shape index (κ1) is 18.6. The molecule has 0 spiro atoms. The van der Waals surface area contributed by atoms with Gasteiger partial charge in [-0.05, 0) is 49.6 Å². The molecule has 132 valence electrons. The molecule has 0 aliphatic rings. The summed E-state index contributed by atoms with van der Waals surface area (Å²) in [6, 6.07) is 10.1. The minimum Gasteiger partial charge on any atom is -0.452 e. The first-order valence-corrected chi connectivity index (χ1v) is 8.01. The van der Waals surface area contributed by atoms with Crippen molar-refractivity contribution in [2.75, 3.05) is 13.7 Å². The quantitative estimate of drug-likeness (QED) is 0.780. The van der Waals surface area contributed by atoms with E-state index in [4.69, 9.17) is 4.74 Å². The normalized spacial score (nSPS) is 10.4. The summed E-state index contributed by atoms with van der Waals surface area (Å²) in [5, 5.41) is 0. The van der Waals surface area contributed by atoms with Crippen LogP contribution in [0, 0.1) is 26.6 Å². The maximum absolute atomic E-state index is 13.5. The fraction of sp³-hybridized carbons (Fsp3) is 0.300. The number of rotatable bonds is 5. The first-order valence-electron chi connectivity index (χ1n) is 8.01. The summed E-state index contributed by atoms with van der Waals surface area (Å²) in [6.07, 6.45) is 0. The molecular formula is C20H22FNO3. The lowest BCUT2D eigenvalue weighted by Gasteiger charge is -2.18. The van der Waals surface area contributed by atoms with Crippen molar-refractivity contribution in [1.82, 2.24) is 4.90 Å². The summed E-state index contributed by atoms with van der Waals surface area (Å²) in [5.41, 5.74) is 3.84. The molecule has 25 heavy (non-hydrogen) atoms. The molecule has 2 aromatic carbocycles. The fourth-order valence-corrected chi connectivity index (χ4v) is 2.41. The largest absolute Gasteiger partial charge is 0.452 e. The molecule has 0 unspecified atom stereocenters. The Morgan fingerprint density at radius 1 is 1.04 bits per heavy atom. The Bertz CT molecular complexity index is 802. The summed E-state index contributed by atoms with van der Waals surface area (Å²) >= 11 is 0. The van der Waals surface area contributed by atoms with E-state index in [2.05, 4.69) is 6.07 Å². The van der Waals surface area contributed by atoms with E-state index in [1.54, 1.807) is 14.0 Å². The molecule has 0 heterocycles. The fourth-order valence-electron chi connectivity index (χ4n) is 2.41. The van der Waals surface area contributed by atoms with Crippen LogP contribution in [-0.2, 0) is 16.1 Å². The lowest BCUT2D eigenvalue weighted by Crippen LogP contribution is -2.31. The van der Waals surface area contributed by atoms with Gasteiger partial charge in [0.15, 0.2) is 6.61 Å². The molecule has 0 radical (unpaired) electrons. The third-order valence-electron chi connectivity index (χ3n) is 4.07. The minimum atomic E-state index is -0.716. The first-order chi connectivity index (χ1) is 11.8. The second-order valence-electron chi connectivity index (χ2n) is 6.22. The van der Waals surface area contributed by atoms with E-state index in [1.807, 2.05) is 26.0 Å². The van der Waals surface area contributed by atoms with Crippen LogP contribution >= 0.6 is 0 Å². The Hall–Kier alpha value is -2.69. The van der Waals surface area contributed by atoms with Crippen molar-refractivity contribution < 1.29 is 18.7 Å². The standard InChI is InChI=1S/C20H22FNO3/c1-13-5-7-17(15(3)9-13)11-22(4)19(23)12-25-20(24)16-8-6-14(2)18(21)10-16/h5-10H,11-12H2,1-4H3. The maximum Gasteiger partial charge on any atom is 0.338 e. The molecule has 4 nitrogen and oxygen atoms in total. The van der Waals surface area contributed by atoms with Gasteiger partial charge in [0.05, 0.1) is 5.56 Å². The number of carbonyl (C=O) groups excluding carboxylic acids is 2. The number of likely N-dealkylation sites (N-methyl/N-ethyl adjacent to an activating group) is 1. The molecule has 0 aromatic heterocycles. The van der Waals surface area contributed by atoms with Gasteiger partial charge < -0.3 is 9.64 Å². The molecule has 0 aliphatic carbocycles. The van der Waals surface area contributed by atoms with Gasteiger partial charge in [-0.2, -0.15) is 0 Å². The van der Waals surface area contributed by atoms with Gasteiger partial charge >= 0.3 is 5.97 Å². The molecule has 0 saturated carbocycles. The van der Waals surface area contributed by atoms with Crippen molar-refractivity contribution in [3.63, 3.8) is 0 Å². The highest BCUT2D eigenvalue weighted by Gasteiger charge is 2.15. The predicted octanol–water partition coefficient (Wildman–Crippen LogP) is 3.57. The third kappa shape index (κ3) is 4.89. The van der Waals surface area contributed by atoms with E-state index in [0.717, 1.165) is 22.8 Å². The highest BCUT2D eigenvalue weighted by atomic mass is 19.1. The van der Waals surface area contributed by atoms with Gasteiger partial charge in [-0.25, -0.2) is 9.18 Å². The van der Waals surface area contributed by atoms with E-state index >= 15 is 0 Å². The molecule has 0 saturated heterocycles. The Kier molecular flexibility index (Phi) is 5.91. The number of hydrogen-bond acceptors (Lipinski definition) is 3. The van der Waals surface area contributed by atoms with Gasteiger partial charge in [-0.1, -0.05) is 29.8 Å². The van der Waals surface area contributed by atoms with E-state index in [0.29, 0.717) is 12.1 Å². The molecule has 1 amide bonds. The smallest absolute Gasteiger partial charge is 0.338 e. The second kappa shape index (κ2) is 7.92. The number of hydrogen-bond donors (Lipinski definition) is 0. The Morgan fingerprint density at radius 3 is 2.40 bits per heavy atom. The number of amides is 1. The van der Waals surface area contributed by atoms with Crippen LogP contribution in [0.5, 0.6) is 0 Å². The Labute approximate surface area is 147 Å². The van der Waals surface area contributed by atoms with Crippen LogP contribution in [0.1, 0.15) is 32.6 Å². The highest BCUT2D eigenvalue weighted by Crippen LogP contribution is 2.13. The Balaban J connectivity index is 1.92. The lowest BCUT2D eigenvalue weighted by atomic mass is 10.1. The number of esters is 1. The van der Waals surface area contributed by atoms with Crippen molar-refractivity contribution in [1.29, 1.82) is 0 Å². The average molecular weight is 343 g/mol. The predicted molar refractivity (Wildman–Crippen MR) is 93.8 cm³/mol. The molecule has 2 rings (SSSR count). The molecule has 0 N–H and O–H groups in total. The number of aryl methyl sites for hydroxylation is 3. The zero-order valence-corrected chi connectivity index (χ0v) is 14.9. The van der Waals surface area contributed by atoms with E-state index in [1.165, 1.54) is 17.0 Å². The monoisotopic (exact) mass is 343 g/mol. The molecule has 2 aromatic rings. The molecule has 0 fully saturated rings. The summed E-state index contributed by atoms with van der Waals surface area (Å²) in [4.78, 5) is 25.6. The molecule has 0 aliphatic heterocycles. The van der Waals surface area contributed by atoms with Crippen molar-refractivity contribution in [2.45, 2.75) is 27.3 Å². The van der Waals surface area contributed by atoms with Crippen LogP contribution in [0.4, 0.5) is 4.39 Å². The van der Waals surface area contributed by atoms with Gasteiger partial charge in [-0.3, -0.25) is 4.79 Å². The topological polar surface area (TPSA) is 46.6 Å². The average Bonchev–Trinajstić information content (AvgIpc) is 2.57. The van der Waals surface area contributed by atoms with Gasteiger partial charge in [0.25, 0.3) is 5.91 Å². The van der Waals surface area contributed by atoms with Crippen LogP contribution in [0.15, 0.2) is 36.4 Å². The summed E-state index contributed by atoms with van der Waals surface area (Å²) in [6.45, 7) is 5.67. The highest BCUT2D eigenvalue weighted by molar-refractivity contribution is 5.91. The van der Waals surface area contributed by atoms with Crippen LogP contribution in [0.2, 0.25) is 0 Å². The molecule has 0 bridgehead atoms. The molecular weight excluding hydrogens is 321 g/mol. The zero-order valence-electron chi connectivity index (χ0n) is 14.9. The maximum atomic E-state index is 13.5. The van der Waals surface area contributed by atoms with Crippen molar-refractivity contribution in [2.24, 2.45) is 0 Å². The number of ether oxygens (including phenoxy) is 1. The zero-order chi connectivity index (χ0) is 18.6. The van der Waals surface area contributed by atoms with Gasteiger partial charge in [-0.15, -0.1) is 0 Å². The van der Waals surface area contributed by atoms with Crippen LogP contribution in [0.25, 0.3) is 0 Å². The minimum absolute atomic E-state index is 0.0907. The van der Waals surface area contributed by atoms with Gasteiger partial charge in [0.2, 0.25) is 0 Å². The van der Waals surface area contributed by atoms with Crippen molar-refractivity contribution in [3.05, 3.63) is 70.0 Å². The summed E-state index contributed by atoms with van der Waals surface area (Å²) in [5.74, 6) is -1.51. The SMILES string of the molecule is Cc1ccc(CN(C)C(=O)COC(=O)c2ccc(C)c(F)c2)c(C)c1. The molecule has 5 heteroatoms. The van der Waals surface area contributed by atoms with E-state index in [9.17, 15) is 14.0 Å². The van der Waals surface area contributed by atoms with Gasteiger partial charge in [0.1, 0.15) is 5.82 Å². The van der Waals surface area contributed by atoms with Crippen molar-refractivity contribution in [3.8, 4) is 0 Å². The molecule has 0 atom stereocenters. The summed E-state index contributed by atoms with van der Waals surface area (Å²) < 4.78 is 18.5. The number of nitrogens with zero attached hydrogens (tertiary/aromatic N) is 1. The van der Waals surface area contributed by atoms with Crippen LogP contribution < -0.4 is 0 Å². The van der Waals surface area contributed by atoms with Crippen molar-refractivity contribution >= 4 is 11.9 Å². The third-order valence-corrected chi connectivity index (χ3v) is 4.07. The Morgan fingerprint density at radius 2 is 1.76 bits per heavy atom. The number of carbonyl (C=O) groups is 2. The lowest BCUT2D eigenvalue weighted by molar-refractivity contribution is -0.133. The van der Waals surface area contributed by atoms with E-state index in [-0.39, 0.29) is 18.1 Å². The van der Waals surface area contributed by atoms with Crippen LogP contribution in [0.3, 0.4) is 0 Å². The second-order valence-corrected chi connectivity index (χ2v) is 6.22. The summed E-state index contributed by atoms with van der Waals surface area (Å²) in [7, 11) is 1.65. The number of halogens is 1. The number of benzene rings is 2. The van der Waals surface area contributed by atoms with Gasteiger partial charge in [0, 0.05) is 13.6 Å². The van der Waals surface area contributed by atoms with Crippen LogP contribution in [-0.4, -0.2) is 30.4 Å².